The van der Waals surface area contributed by atoms with Crippen molar-refractivity contribution < 1.29 is 9.53 Å². The van der Waals surface area contributed by atoms with Crippen LogP contribution in [0.15, 0.2) is 30.3 Å². The van der Waals surface area contributed by atoms with Crippen molar-refractivity contribution in [1.29, 1.82) is 0 Å². The fourth-order valence-electron chi connectivity index (χ4n) is 1.55. The lowest BCUT2D eigenvalue weighted by atomic mass is 9.89. The summed E-state index contributed by atoms with van der Waals surface area (Å²) in [6.07, 6.45) is 0.234. The second-order valence-electron chi connectivity index (χ2n) is 5.64. The fraction of sp³-hybridized carbons (Fsp3) is 0.533. The van der Waals surface area contributed by atoms with Crippen LogP contribution in [0.3, 0.4) is 0 Å². The molecular formula is C15H22O2. The van der Waals surface area contributed by atoms with Gasteiger partial charge in [-0.1, -0.05) is 51.1 Å². The number of benzene rings is 1. The maximum Gasteiger partial charge on any atom is 0.161 e. The van der Waals surface area contributed by atoms with Crippen LogP contribution in [0.1, 0.15) is 39.7 Å². The highest BCUT2D eigenvalue weighted by Crippen LogP contribution is 2.20. The highest BCUT2D eigenvalue weighted by molar-refractivity contribution is 5.83. The van der Waals surface area contributed by atoms with E-state index in [9.17, 15) is 4.79 Å². The van der Waals surface area contributed by atoms with Gasteiger partial charge in [0.25, 0.3) is 0 Å². The van der Waals surface area contributed by atoms with Crippen LogP contribution in [0.5, 0.6) is 0 Å². The largest absolute Gasteiger partial charge is 0.366 e. The number of ether oxygens (including phenoxy) is 1. The van der Waals surface area contributed by atoms with Crippen LogP contribution in [0.2, 0.25) is 0 Å². The molecule has 1 atom stereocenters. The molecule has 17 heavy (non-hydrogen) atoms. The Kier molecular flexibility index (Phi) is 4.88. The normalized spacial score (nSPS) is 13.4. The lowest BCUT2D eigenvalue weighted by Crippen LogP contribution is -2.25. The summed E-state index contributed by atoms with van der Waals surface area (Å²) in [5.74, 6) is 0.174. The number of rotatable bonds is 5. The van der Waals surface area contributed by atoms with Gasteiger partial charge in [0, 0.05) is 6.42 Å². The standard InChI is InChI=1S/C15H22O2/c1-12(14(16)10-15(2,3)4)17-11-13-8-6-5-7-9-13/h5-9,12H,10-11H2,1-4H3. The topological polar surface area (TPSA) is 26.3 Å². The SMILES string of the molecule is CC(OCc1ccccc1)C(=O)CC(C)(C)C. The van der Waals surface area contributed by atoms with Crippen LogP contribution in [-0.2, 0) is 16.1 Å². The Morgan fingerprint density at radius 1 is 1.24 bits per heavy atom. The van der Waals surface area contributed by atoms with E-state index < -0.39 is 0 Å². The number of ketones is 1. The van der Waals surface area contributed by atoms with E-state index in [0.717, 1.165) is 5.56 Å². The number of carbonyl (C=O) groups excluding carboxylic acids is 1. The van der Waals surface area contributed by atoms with Crippen molar-refractivity contribution in [3.8, 4) is 0 Å². The lowest BCUT2D eigenvalue weighted by Gasteiger charge is -2.20. The maximum atomic E-state index is 11.9. The molecule has 0 radical (unpaired) electrons. The smallest absolute Gasteiger partial charge is 0.161 e. The van der Waals surface area contributed by atoms with E-state index in [2.05, 4.69) is 20.8 Å². The molecule has 0 fully saturated rings. The summed E-state index contributed by atoms with van der Waals surface area (Å²) in [6, 6.07) is 9.92. The van der Waals surface area contributed by atoms with Crippen molar-refractivity contribution in [2.45, 2.75) is 46.8 Å². The molecule has 1 unspecified atom stereocenters. The van der Waals surface area contributed by atoms with E-state index in [1.165, 1.54) is 0 Å². The van der Waals surface area contributed by atoms with Crippen LogP contribution in [0.25, 0.3) is 0 Å². The van der Waals surface area contributed by atoms with Gasteiger partial charge in [0.1, 0.15) is 6.10 Å². The summed E-state index contributed by atoms with van der Waals surface area (Å²) >= 11 is 0. The van der Waals surface area contributed by atoms with Gasteiger partial charge in [0.2, 0.25) is 0 Å². The molecule has 0 aliphatic rings. The van der Waals surface area contributed by atoms with Crippen LogP contribution < -0.4 is 0 Å². The zero-order chi connectivity index (χ0) is 12.9. The molecule has 1 rings (SSSR count). The molecule has 94 valence electrons. The van der Waals surface area contributed by atoms with Gasteiger partial charge in [-0.15, -0.1) is 0 Å². The first-order valence-electron chi connectivity index (χ1n) is 6.07. The van der Waals surface area contributed by atoms with Crippen LogP contribution >= 0.6 is 0 Å². The molecule has 1 aromatic rings. The van der Waals surface area contributed by atoms with Gasteiger partial charge in [-0.05, 0) is 17.9 Å². The Labute approximate surface area is 104 Å². The minimum atomic E-state index is -0.325. The highest BCUT2D eigenvalue weighted by Gasteiger charge is 2.21. The van der Waals surface area contributed by atoms with Crippen molar-refractivity contribution in [2.75, 3.05) is 0 Å². The third-order valence-electron chi connectivity index (χ3n) is 2.50. The molecule has 2 nitrogen and oxygen atoms in total. The number of hydrogen-bond acceptors (Lipinski definition) is 2. The van der Waals surface area contributed by atoms with Crippen molar-refractivity contribution in [1.82, 2.24) is 0 Å². The molecule has 0 heterocycles. The Balaban J connectivity index is 2.40. The first-order valence-corrected chi connectivity index (χ1v) is 6.07. The van der Waals surface area contributed by atoms with Crippen molar-refractivity contribution in [3.05, 3.63) is 35.9 Å². The van der Waals surface area contributed by atoms with E-state index in [0.29, 0.717) is 13.0 Å². The minimum absolute atomic E-state index is 0.0292. The van der Waals surface area contributed by atoms with Gasteiger partial charge >= 0.3 is 0 Å². The third-order valence-corrected chi connectivity index (χ3v) is 2.50. The number of carbonyl (C=O) groups is 1. The molecule has 2 heteroatoms. The monoisotopic (exact) mass is 234 g/mol. The van der Waals surface area contributed by atoms with E-state index in [-0.39, 0.29) is 17.3 Å². The van der Waals surface area contributed by atoms with Gasteiger partial charge < -0.3 is 4.74 Å². The summed E-state index contributed by atoms with van der Waals surface area (Å²) in [7, 11) is 0. The van der Waals surface area contributed by atoms with Crippen LogP contribution in [-0.4, -0.2) is 11.9 Å². The summed E-state index contributed by atoms with van der Waals surface area (Å²) < 4.78 is 5.59. The molecular weight excluding hydrogens is 212 g/mol. The van der Waals surface area contributed by atoms with Crippen LogP contribution in [0, 0.1) is 5.41 Å². The Morgan fingerprint density at radius 3 is 2.35 bits per heavy atom. The summed E-state index contributed by atoms with van der Waals surface area (Å²) in [6.45, 7) is 8.52. The summed E-state index contributed by atoms with van der Waals surface area (Å²) in [5.41, 5.74) is 1.13. The Hall–Kier alpha value is -1.15. The molecule has 0 aromatic heterocycles. The molecule has 0 saturated carbocycles. The fourth-order valence-corrected chi connectivity index (χ4v) is 1.55. The predicted octanol–water partition coefficient (Wildman–Crippen LogP) is 3.60. The van der Waals surface area contributed by atoms with E-state index in [1.807, 2.05) is 37.3 Å². The second kappa shape index (κ2) is 5.97. The van der Waals surface area contributed by atoms with Crippen LogP contribution in [0.4, 0.5) is 0 Å². The van der Waals surface area contributed by atoms with E-state index in [1.54, 1.807) is 0 Å². The van der Waals surface area contributed by atoms with Gasteiger partial charge in [0.05, 0.1) is 6.61 Å². The Bertz CT molecular complexity index is 349. The van der Waals surface area contributed by atoms with Crippen molar-refractivity contribution in [2.24, 2.45) is 5.41 Å². The molecule has 0 aliphatic carbocycles. The maximum absolute atomic E-state index is 11.9. The zero-order valence-corrected chi connectivity index (χ0v) is 11.2. The van der Waals surface area contributed by atoms with Gasteiger partial charge in [-0.3, -0.25) is 4.79 Å². The highest BCUT2D eigenvalue weighted by atomic mass is 16.5. The number of Topliss-reactive ketones (excluding diaryl/α,β-unsaturated/α-hetero) is 1. The molecule has 0 aliphatic heterocycles. The third kappa shape index (κ3) is 5.64. The number of hydrogen-bond donors (Lipinski definition) is 0. The van der Waals surface area contributed by atoms with Gasteiger partial charge in [-0.2, -0.15) is 0 Å². The molecule has 0 N–H and O–H groups in total. The summed E-state index contributed by atoms with van der Waals surface area (Å²) in [4.78, 5) is 11.9. The van der Waals surface area contributed by atoms with Gasteiger partial charge in [0.15, 0.2) is 5.78 Å². The zero-order valence-electron chi connectivity index (χ0n) is 11.2. The first-order chi connectivity index (χ1) is 7.88. The Morgan fingerprint density at radius 2 is 1.82 bits per heavy atom. The molecule has 1 aromatic carbocycles. The lowest BCUT2D eigenvalue weighted by molar-refractivity contribution is -0.132. The summed E-state index contributed by atoms with van der Waals surface area (Å²) in [5, 5.41) is 0. The predicted molar refractivity (Wildman–Crippen MR) is 69.8 cm³/mol. The molecule has 0 spiro atoms. The molecule has 0 saturated heterocycles. The van der Waals surface area contributed by atoms with E-state index >= 15 is 0 Å². The first kappa shape index (κ1) is 13.9. The average Bonchev–Trinajstić information content (AvgIpc) is 2.25. The van der Waals surface area contributed by atoms with Gasteiger partial charge in [-0.25, -0.2) is 0 Å². The molecule has 0 bridgehead atoms. The van der Waals surface area contributed by atoms with Crippen molar-refractivity contribution >= 4 is 5.78 Å². The molecule has 0 amide bonds. The van der Waals surface area contributed by atoms with Crippen molar-refractivity contribution in [3.63, 3.8) is 0 Å². The average molecular weight is 234 g/mol. The quantitative estimate of drug-likeness (QED) is 0.778. The minimum Gasteiger partial charge on any atom is -0.366 e. The second-order valence-corrected chi connectivity index (χ2v) is 5.64. The van der Waals surface area contributed by atoms with E-state index in [4.69, 9.17) is 4.74 Å².